The molecule has 36 heavy (non-hydrogen) atoms. The molecule has 0 bridgehead atoms. The van der Waals surface area contributed by atoms with Gasteiger partial charge in [0.25, 0.3) is 11.5 Å². The molecule has 1 aromatic carbocycles. The molecule has 0 radical (unpaired) electrons. The van der Waals surface area contributed by atoms with Crippen LogP contribution in [0.25, 0.3) is 11.0 Å². The highest BCUT2D eigenvalue weighted by Gasteiger charge is 2.25. The van der Waals surface area contributed by atoms with Crippen molar-refractivity contribution in [1.29, 1.82) is 0 Å². The van der Waals surface area contributed by atoms with Gasteiger partial charge in [0, 0.05) is 38.8 Å². The van der Waals surface area contributed by atoms with E-state index >= 15 is 0 Å². The number of halogens is 1. The second kappa shape index (κ2) is 10.8. The molecule has 2 aromatic heterocycles. The SMILES string of the molecule is O=C(NCC(O)CO)c1c(O)c2ncc(Cc3ccc(F)cc3)cc2n(CCN2CCCC2=O)c1=O. The molecule has 3 aromatic rings. The average molecular weight is 499 g/mol. The Morgan fingerprint density at radius 2 is 1.92 bits per heavy atom. The highest BCUT2D eigenvalue weighted by Crippen LogP contribution is 2.26. The number of hydrogen-bond acceptors (Lipinski definition) is 7. The number of aliphatic hydroxyl groups is 2. The minimum absolute atomic E-state index is 0.0165. The number of amides is 2. The molecule has 0 saturated carbocycles. The summed E-state index contributed by atoms with van der Waals surface area (Å²) >= 11 is 0. The van der Waals surface area contributed by atoms with E-state index < -0.39 is 35.5 Å². The van der Waals surface area contributed by atoms with Gasteiger partial charge in [0.2, 0.25) is 5.91 Å². The molecule has 3 heterocycles. The number of pyridine rings is 2. The molecule has 1 unspecified atom stereocenters. The highest BCUT2D eigenvalue weighted by atomic mass is 19.1. The number of likely N-dealkylation sites (tertiary alicyclic amines) is 1. The number of aliphatic hydroxyl groups excluding tert-OH is 2. The van der Waals surface area contributed by atoms with Crippen molar-refractivity contribution in [2.24, 2.45) is 0 Å². The number of rotatable bonds is 9. The number of nitrogens with one attached hydrogen (secondary N) is 1. The van der Waals surface area contributed by atoms with Gasteiger partial charge in [0.1, 0.15) is 16.9 Å². The van der Waals surface area contributed by atoms with Gasteiger partial charge in [0.15, 0.2) is 5.75 Å². The fourth-order valence-electron chi connectivity index (χ4n) is 4.23. The van der Waals surface area contributed by atoms with Crippen LogP contribution in [0.1, 0.15) is 34.3 Å². The lowest BCUT2D eigenvalue weighted by atomic mass is 10.1. The van der Waals surface area contributed by atoms with Gasteiger partial charge >= 0.3 is 0 Å². The number of carbonyl (C=O) groups excluding carboxylic acids is 2. The van der Waals surface area contributed by atoms with Crippen LogP contribution < -0.4 is 10.9 Å². The van der Waals surface area contributed by atoms with Crippen LogP contribution >= 0.6 is 0 Å². The monoisotopic (exact) mass is 498 g/mol. The summed E-state index contributed by atoms with van der Waals surface area (Å²) in [7, 11) is 0. The molecular formula is C25H27FN4O6. The summed E-state index contributed by atoms with van der Waals surface area (Å²) in [5.41, 5.74) is 0.509. The van der Waals surface area contributed by atoms with Gasteiger partial charge in [-0.25, -0.2) is 4.39 Å². The Labute approximate surface area is 205 Å². The molecule has 4 rings (SSSR count). The van der Waals surface area contributed by atoms with Crippen LogP contribution in [-0.4, -0.2) is 73.9 Å². The van der Waals surface area contributed by atoms with E-state index in [2.05, 4.69) is 10.3 Å². The summed E-state index contributed by atoms with van der Waals surface area (Å²) in [6.45, 7) is -0.0211. The zero-order chi connectivity index (χ0) is 25.8. The smallest absolute Gasteiger partial charge is 0.267 e. The number of aromatic hydroxyl groups is 1. The van der Waals surface area contributed by atoms with E-state index in [-0.39, 0.29) is 42.4 Å². The fourth-order valence-corrected chi connectivity index (χ4v) is 4.23. The van der Waals surface area contributed by atoms with Gasteiger partial charge in [-0.15, -0.1) is 0 Å². The molecule has 1 saturated heterocycles. The summed E-state index contributed by atoms with van der Waals surface area (Å²) in [5.74, 6) is -1.90. The lowest BCUT2D eigenvalue weighted by molar-refractivity contribution is -0.127. The molecule has 2 amide bonds. The quantitative estimate of drug-likeness (QED) is 0.337. The van der Waals surface area contributed by atoms with Crippen LogP contribution in [0.3, 0.4) is 0 Å². The molecule has 1 aliphatic heterocycles. The van der Waals surface area contributed by atoms with E-state index in [0.717, 1.165) is 12.0 Å². The van der Waals surface area contributed by atoms with Gasteiger partial charge < -0.3 is 30.1 Å². The van der Waals surface area contributed by atoms with E-state index in [1.54, 1.807) is 23.1 Å². The van der Waals surface area contributed by atoms with E-state index in [0.29, 0.717) is 24.9 Å². The number of carbonyl (C=O) groups is 2. The Bertz CT molecular complexity index is 1340. The van der Waals surface area contributed by atoms with E-state index in [1.165, 1.54) is 22.9 Å². The van der Waals surface area contributed by atoms with E-state index in [9.17, 15) is 29.0 Å². The first-order chi connectivity index (χ1) is 17.3. The van der Waals surface area contributed by atoms with Gasteiger partial charge in [-0.05, 0) is 42.2 Å². The van der Waals surface area contributed by atoms with Crippen LogP contribution in [0.5, 0.6) is 5.75 Å². The minimum Gasteiger partial charge on any atom is -0.505 e. The van der Waals surface area contributed by atoms with Crippen LogP contribution in [-0.2, 0) is 17.8 Å². The Kier molecular flexibility index (Phi) is 7.61. The Balaban J connectivity index is 1.75. The Morgan fingerprint density at radius 3 is 2.58 bits per heavy atom. The van der Waals surface area contributed by atoms with Crippen LogP contribution in [0, 0.1) is 5.82 Å². The van der Waals surface area contributed by atoms with Crippen molar-refractivity contribution in [3.05, 3.63) is 69.4 Å². The predicted octanol–water partition coefficient (Wildman–Crippen LogP) is 0.537. The number of fused-ring (bicyclic) bond motifs is 1. The Hall–Kier alpha value is -3.83. The van der Waals surface area contributed by atoms with E-state index in [4.69, 9.17) is 5.11 Å². The zero-order valence-electron chi connectivity index (χ0n) is 19.5. The van der Waals surface area contributed by atoms with E-state index in [1.807, 2.05) is 0 Å². The van der Waals surface area contributed by atoms with Crippen LogP contribution in [0.15, 0.2) is 41.3 Å². The molecule has 11 heteroatoms. The molecule has 190 valence electrons. The summed E-state index contributed by atoms with van der Waals surface area (Å²) in [4.78, 5) is 44.2. The van der Waals surface area contributed by atoms with Gasteiger partial charge in [0.05, 0.1) is 18.2 Å². The first-order valence-electron chi connectivity index (χ1n) is 11.6. The third-order valence-corrected chi connectivity index (χ3v) is 6.16. The standard InChI is InChI=1S/C25H27FN4O6/c26-17-5-3-15(4-6-17)10-16-11-19-22(27-12-16)23(34)21(24(35)28-13-18(32)14-31)25(36)30(19)9-8-29-7-1-2-20(29)33/h3-6,11-12,18,31-32,34H,1-2,7-10,13-14H2,(H,28,35). The maximum absolute atomic E-state index is 13.4. The van der Waals surface area contributed by atoms with Gasteiger partial charge in [-0.3, -0.25) is 19.4 Å². The number of benzene rings is 1. The summed E-state index contributed by atoms with van der Waals surface area (Å²) in [6, 6.07) is 7.64. The second-order valence-electron chi connectivity index (χ2n) is 8.73. The number of aromatic nitrogens is 2. The number of hydrogen-bond donors (Lipinski definition) is 4. The molecule has 1 aliphatic rings. The second-order valence-corrected chi connectivity index (χ2v) is 8.73. The largest absolute Gasteiger partial charge is 0.505 e. The van der Waals surface area contributed by atoms with Crippen molar-refractivity contribution < 1.29 is 29.3 Å². The molecule has 0 aliphatic carbocycles. The van der Waals surface area contributed by atoms with Gasteiger partial charge in [-0.1, -0.05) is 12.1 Å². The van der Waals surface area contributed by atoms with Crippen molar-refractivity contribution in [3.63, 3.8) is 0 Å². The molecule has 4 N–H and O–H groups in total. The lowest BCUT2D eigenvalue weighted by Gasteiger charge is -2.19. The molecule has 0 spiro atoms. The maximum atomic E-state index is 13.4. The minimum atomic E-state index is -1.23. The fraction of sp³-hybridized carbons (Fsp3) is 0.360. The average Bonchev–Trinajstić information content (AvgIpc) is 3.28. The van der Waals surface area contributed by atoms with Crippen LogP contribution in [0.2, 0.25) is 0 Å². The lowest BCUT2D eigenvalue weighted by Crippen LogP contribution is -2.39. The van der Waals surface area contributed by atoms with Crippen LogP contribution in [0.4, 0.5) is 4.39 Å². The molecule has 10 nitrogen and oxygen atoms in total. The summed E-state index contributed by atoms with van der Waals surface area (Å²) in [5, 5.41) is 31.7. The van der Waals surface area contributed by atoms with Crippen molar-refractivity contribution in [2.45, 2.75) is 31.9 Å². The van der Waals surface area contributed by atoms with Crippen molar-refractivity contribution >= 4 is 22.8 Å². The first-order valence-corrected chi connectivity index (χ1v) is 11.6. The predicted molar refractivity (Wildman–Crippen MR) is 128 cm³/mol. The number of nitrogens with zero attached hydrogens (tertiary/aromatic N) is 3. The first kappa shape index (κ1) is 25.3. The highest BCUT2D eigenvalue weighted by molar-refractivity contribution is 6.01. The Morgan fingerprint density at radius 1 is 1.17 bits per heavy atom. The zero-order valence-corrected chi connectivity index (χ0v) is 19.5. The summed E-state index contributed by atoms with van der Waals surface area (Å²) < 4.78 is 14.6. The van der Waals surface area contributed by atoms with Crippen molar-refractivity contribution in [3.8, 4) is 5.75 Å². The van der Waals surface area contributed by atoms with Crippen molar-refractivity contribution in [1.82, 2.24) is 19.8 Å². The normalized spacial score (nSPS) is 14.4. The topological polar surface area (TPSA) is 145 Å². The molecule has 1 atom stereocenters. The third-order valence-electron chi connectivity index (χ3n) is 6.16. The molecule has 1 fully saturated rings. The van der Waals surface area contributed by atoms with Crippen molar-refractivity contribution in [2.75, 3.05) is 26.2 Å². The maximum Gasteiger partial charge on any atom is 0.267 e. The summed E-state index contributed by atoms with van der Waals surface area (Å²) in [6.07, 6.45) is 1.84. The third kappa shape index (κ3) is 5.37. The molecular weight excluding hydrogens is 471 g/mol. The van der Waals surface area contributed by atoms with Gasteiger partial charge in [-0.2, -0.15) is 0 Å².